The topological polar surface area (TPSA) is 224 Å². The van der Waals surface area contributed by atoms with Crippen LogP contribution in [0.15, 0.2) is 29.6 Å². The van der Waals surface area contributed by atoms with Crippen molar-refractivity contribution in [1.29, 1.82) is 0 Å². The van der Waals surface area contributed by atoms with Crippen LogP contribution in [-0.4, -0.2) is 124 Å². The predicted molar refractivity (Wildman–Crippen MR) is 225 cm³/mol. The minimum absolute atomic E-state index is 0.0522. The number of carbonyl (C=O) groups excluding carboxylic acids is 4. The van der Waals surface area contributed by atoms with E-state index in [1.165, 1.54) is 25.4 Å². The summed E-state index contributed by atoms with van der Waals surface area (Å²) in [4.78, 5) is 69.5. The summed E-state index contributed by atoms with van der Waals surface area (Å²) in [6.45, 7) is 15.4. The first-order valence-electron chi connectivity index (χ1n) is 21.2. The van der Waals surface area contributed by atoms with Gasteiger partial charge in [0.25, 0.3) is 0 Å². The number of amidine groups is 1. The van der Waals surface area contributed by atoms with Crippen molar-refractivity contribution in [3.63, 3.8) is 0 Å². The lowest BCUT2D eigenvalue weighted by Crippen LogP contribution is -2.59. The van der Waals surface area contributed by atoms with Crippen LogP contribution in [0.5, 0.6) is 0 Å². The third-order valence-electron chi connectivity index (χ3n) is 12.9. The van der Waals surface area contributed by atoms with Crippen LogP contribution >= 0.6 is 11.3 Å². The van der Waals surface area contributed by atoms with E-state index in [0.717, 1.165) is 0 Å². The standard InChI is InChI=1S/C43H64N6O11S/c1-13-28(38-47-46-37(61-38)26-17-15-16-18-45-26)60-48-36(44)30-31-23(5)32(50)21(3)20-42(8,55-12)35(58-41-34(52)27(49(10)11)19-22(4)56-41)24(6)33(51)25(7)39(53)57-29(14-2)43(31,9)59-40(30)54/h15-18,21-25,27-31,34-35,41,52H,13-14,19-20H2,1-12H3,(H2,44,48)/t21-,22-,23-,24+,25-,27+,28+,29+,30-,31+,34-,35-,41?,42-,43-/m1/s1. The number of methoxy groups -OCH3 is 1. The van der Waals surface area contributed by atoms with Crippen molar-refractivity contribution in [1.82, 2.24) is 20.1 Å². The molecule has 2 aromatic rings. The van der Waals surface area contributed by atoms with Gasteiger partial charge in [-0.25, -0.2) is 0 Å². The fraction of sp³-hybridized carbons (Fsp3) is 0.721. The van der Waals surface area contributed by atoms with E-state index in [1.807, 2.05) is 45.0 Å². The Hall–Kier alpha value is -3.94. The largest absolute Gasteiger partial charge is 0.458 e. The summed E-state index contributed by atoms with van der Waals surface area (Å²) in [7, 11) is 5.17. The molecule has 5 rings (SSSR count). The smallest absolute Gasteiger partial charge is 0.317 e. The molecule has 5 heterocycles. The number of cyclic esters (lactones) is 1. The predicted octanol–water partition coefficient (Wildman–Crippen LogP) is 4.51. The van der Waals surface area contributed by atoms with Gasteiger partial charge in [0.05, 0.1) is 17.8 Å². The summed E-state index contributed by atoms with van der Waals surface area (Å²) in [6.07, 6.45) is -2.54. The van der Waals surface area contributed by atoms with Crippen molar-refractivity contribution in [2.24, 2.45) is 46.4 Å². The molecular formula is C43H64N6O11S. The lowest BCUT2D eigenvalue weighted by atomic mass is 9.67. The van der Waals surface area contributed by atoms with Crippen molar-refractivity contribution < 1.29 is 52.8 Å². The van der Waals surface area contributed by atoms with Crippen LogP contribution in [0, 0.1) is 35.5 Å². The summed E-state index contributed by atoms with van der Waals surface area (Å²) >= 11 is 1.29. The first-order valence-corrected chi connectivity index (χ1v) is 22.0. The maximum absolute atomic E-state index is 14.8. The van der Waals surface area contributed by atoms with Crippen molar-refractivity contribution >= 4 is 40.7 Å². The zero-order valence-corrected chi connectivity index (χ0v) is 38.2. The number of pyridine rings is 1. The third-order valence-corrected chi connectivity index (χ3v) is 14.0. The van der Waals surface area contributed by atoms with Gasteiger partial charge in [0.2, 0.25) is 0 Å². The fourth-order valence-electron chi connectivity index (χ4n) is 9.38. The van der Waals surface area contributed by atoms with Crippen LogP contribution in [0.2, 0.25) is 0 Å². The van der Waals surface area contributed by atoms with Crippen LogP contribution in [0.3, 0.4) is 0 Å². The van der Waals surface area contributed by atoms with Crippen molar-refractivity contribution in [2.75, 3.05) is 21.2 Å². The van der Waals surface area contributed by atoms with Gasteiger partial charge in [-0.05, 0) is 79.6 Å². The summed E-state index contributed by atoms with van der Waals surface area (Å²) in [6, 6.07) is 5.16. The number of hydrogen-bond donors (Lipinski definition) is 2. The van der Waals surface area contributed by atoms with E-state index in [4.69, 9.17) is 34.3 Å². The van der Waals surface area contributed by atoms with Crippen molar-refractivity contribution in [3.8, 4) is 10.7 Å². The SMILES string of the molecule is CC[C@H](O/N=C(\N)[C@@H]1C(=O)O[C@@]2(C)[C@H]1[C@@H](C)C(=O)[C@H](C)C[C@@](C)(OC)[C@H](OC1O[C@H](C)C[C@H](N(C)C)[C@H]1O)[C@@H](C)C(=O)[C@@H](C)C(=O)O[C@H]2CC)c1nnc(-c2ccccn2)s1. The molecule has 0 radical (unpaired) electrons. The summed E-state index contributed by atoms with van der Waals surface area (Å²) in [5.74, 6) is -8.86. The summed E-state index contributed by atoms with van der Waals surface area (Å²) in [5, 5.41) is 25.4. The fourth-order valence-corrected chi connectivity index (χ4v) is 10.3. The number of oxime groups is 1. The lowest BCUT2D eigenvalue weighted by Gasteiger charge is -2.47. The molecule has 1 unspecified atom stereocenters. The minimum atomic E-state index is -1.58. The number of aliphatic hydroxyl groups excluding tert-OH is 1. The molecule has 0 amide bonds. The molecule has 3 saturated heterocycles. The highest BCUT2D eigenvalue weighted by molar-refractivity contribution is 7.14. The molecule has 18 heteroatoms. The highest BCUT2D eigenvalue weighted by Gasteiger charge is 2.63. The molecule has 0 aromatic carbocycles. The van der Waals surface area contributed by atoms with Gasteiger partial charge < -0.3 is 44.3 Å². The number of ketones is 2. The minimum Gasteiger partial charge on any atom is -0.458 e. The maximum Gasteiger partial charge on any atom is 0.317 e. The molecule has 338 valence electrons. The normalized spacial score (nSPS) is 37.4. The zero-order valence-electron chi connectivity index (χ0n) is 37.4. The molecule has 61 heavy (non-hydrogen) atoms. The molecule has 0 spiro atoms. The van der Waals surface area contributed by atoms with E-state index in [-0.39, 0.29) is 36.6 Å². The summed E-state index contributed by atoms with van der Waals surface area (Å²) in [5.41, 5.74) is 4.39. The zero-order chi connectivity index (χ0) is 45.1. The van der Waals surface area contributed by atoms with E-state index in [0.29, 0.717) is 28.6 Å². The molecule has 17 nitrogen and oxygen atoms in total. The van der Waals surface area contributed by atoms with Gasteiger partial charge in [-0.3, -0.25) is 24.2 Å². The van der Waals surface area contributed by atoms with Gasteiger partial charge in [-0.1, -0.05) is 57.2 Å². The van der Waals surface area contributed by atoms with E-state index in [9.17, 15) is 24.3 Å². The number of hydrogen-bond acceptors (Lipinski definition) is 17. The Morgan fingerprint density at radius 2 is 1.75 bits per heavy atom. The van der Waals surface area contributed by atoms with E-state index in [1.54, 1.807) is 53.8 Å². The van der Waals surface area contributed by atoms with Crippen LogP contribution in [0.25, 0.3) is 10.7 Å². The number of nitrogens with two attached hydrogens (primary N) is 1. The van der Waals surface area contributed by atoms with Crippen LogP contribution < -0.4 is 5.73 Å². The Labute approximate surface area is 362 Å². The maximum atomic E-state index is 14.8. The molecule has 3 aliphatic rings. The second kappa shape index (κ2) is 19.6. The Morgan fingerprint density at radius 1 is 1.05 bits per heavy atom. The molecule has 15 atom stereocenters. The number of carbonyl (C=O) groups is 4. The average molecular weight is 873 g/mol. The van der Waals surface area contributed by atoms with Gasteiger partial charge >= 0.3 is 11.9 Å². The summed E-state index contributed by atoms with van der Waals surface area (Å²) < 4.78 is 31.1. The van der Waals surface area contributed by atoms with Gasteiger partial charge in [0, 0.05) is 43.0 Å². The number of esters is 2. The first-order chi connectivity index (χ1) is 28.7. The highest BCUT2D eigenvalue weighted by Crippen LogP contribution is 2.48. The monoisotopic (exact) mass is 872 g/mol. The molecule has 0 saturated carbocycles. The number of Topliss-reactive ketones (excluding diaryl/α,β-unsaturated/α-hetero) is 2. The van der Waals surface area contributed by atoms with Gasteiger partial charge in [0.1, 0.15) is 35.5 Å². The number of fused-ring (bicyclic) bond motifs is 1. The molecule has 3 N–H and O–H groups in total. The number of aliphatic hydroxyl groups is 1. The third kappa shape index (κ3) is 9.84. The highest BCUT2D eigenvalue weighted by atomic mass is 32.1. The lowest BCUT2D eigenvalue weighted by molar-refractivity contribution is -0.295. The number of likely N-dealkylation sites (N-methyl/N-ethyl adjacent to an activating group) is 1. The van der Waals surface area contributed by atoms with Crippen molar-refractivity contribution in [2.45, 2.75) is 142 Å². The van der Waals surface area contributed by atoms with Gasteiger partial charge in [-0.2, -0.15) is 0 Å². The number of rotatable bonds is 11. The quantitative estimate of drug-likeness (QED) is 0.104. The molecule has 0 bridgehead atoms. The average Bonchev–Trinajstić information content (AvgIpc) is 3.83. The van der Waals surface area contributed by atoms with Crippen LogP contribution in [-0.2, 0) is 47.7 Å². The number of aromatic nitrogens is 3. The van der Waals surface area contributed by atoms with E-state index in [2.05, 4.69) is 20.3 Å². The molecule has 2 aromatic heterocycles. The van der Waals surface area contributed by atoms with E-state index < -0.39 is 95.1 Å². The molecular weight excluding hydrogens is 809 g/mol. The number of ether oxygens (including phenoxy) is 5. The molecule has 3 fully saturated rings. The van der Waals surface area contributed by atoms with Gasteiger partial charge in [0.15, 0.2) is 39.6 Å². The first kappa shape index (κ1) is 48.1. The van der Waals surface area contributed by atoms with Crippen LogP contribution in [0.4, 0.5) is 0 Å². The Balaban J connectivity index is 1.52. The van der Waals surface area contributed by atoms with Crippen LogP contribution in [0.1, 0.15) is 99.1 Å². The second-order valence-electron chi connectivity index (χ2n) is 17.5. The number of nitrogens with zero attached hydrogens (tertiary/aromatic N) is 5. The molecule has 0 aliphatic carbocycles. The molecule has 3 aliphatic heterocycles. The Kier molecular flexibility index (Phi) is 15.5. The Morgan fingerprint density at radius 3 is 2.36 bits per heavy atom. The van der Waals surface area contributed by atoms with Gasteiger partial charge in [-0.15, -0.1) is 10.2 Å². The second-order valence-corrected chi connectivity index (χ2v) is 18.5. The Bertz CT molecular complexity index is 1900. The van der Waals surface area contributed by atoms with Crippen molar-refractivity contribution in [3.05, 3.63) is 29.4 Å². The van der Waals surface area contributed by atoms with E-state index >= 15 is 0 Å².